The van der Waals surface area contributed by atoms with Crippen molar-refractivity contribution >= 4 is 15.9 Å². The highest BCUT2D eigenvalue weighted by molar-refractivity contribution is 9.10. The zero-order chi connectivity index (χ0) is 17.7. The lowest BCUT2D eigenvalue weighted by Gasteiger charge is -2.23. The van der Waals surface area contributed by atoms with E-state index in [-0.39, 0.29) is 18.0 Å². The lowest BCUT2D eigenvalue weighted by atomic mass is 10.1. The van der Waals surface area contributed by atoms with Crippen molar-refractivity contribution in [3.63, 3.8) is 0 Å². The van der Waals surface area contributed by atoms with E-state index >= 15 is 0 Å². The zero-order valence-corrected chi connectivity index (χ0v) is 16.0. The minimum absolute atomic E-state index is 0.0364. The maximum atomic E-state index is 13.8. The van der Waals surface area contributed by atoms with Crippen molar-refractivity contribution < 1.29 is 13.9 Å². The van der Waals surface area contributed by atoms with Gasteiger partial charge in [0, 0.05) is 27.7 Å². The second-order valence-corrected chi connectivity index (χ2v) is 7.40. The normalized spacial score (nSPS) is 11.4. The fraction of sp³-hybridized carbons (Fsp3) is 0.368. The third-order valence-corrected chi connectivity index (χ3v) is 4.26. The van der Waals surface area contributed by atoms with Crippen LogP contribution < -0.4 is 14.8 Å². The fourth-order valence-electron chi connectivity index (χ4n) is 2.18. The van der Waals surface area contributed by atoms with Gasteiger partial charge in [-0.1, -0.05) is 34.1 Å². The molecule has 5 heteroatoms. The lowest BCUT2D eigenvalue weighted by Crippen LogP contribution is -2.35. The minimum atomic E-state index is -0.277. The summed E-state index contributed by atoms with van der Waals surface area (Å²) in [4.78, 5) is 0. The number of ether oxygens (including phenoxy) is 2. The second kappa shape index (κ2) is 7.99. The first-order valence-corrected chi connectivity index (χ1v) is 8.57. The summed E-state index contributed by atoms with van der Waals surface area (Å²) < 4.78 is 26.1. The van der Waals surface area contributed by atoms with Crippen LogP contribution in [0, 0.1) is 5.82 Å². The molecule has 0 amide bonds. The van der Waals surface area contributed by atoms with Gasteiger partial charge in [-0.05, 0) is 39.0 Å². The predicted molar refractivity (Wildman–Crippen MR) is 98.0 cm³/mol. The van der Waals surface area contributed by atoms with Gasteiger partial charge in [-0.25, -0.2) is 4.39 Å². The Bertz CT molecular complexity index is 698. The first-order valence-electron chi connectivity index (χ1n) is 7.78. The monoisotopic (exact) mass is 395 g/mol. The molecule has 0 aliphatic carbocycles. The molecular weight excluding hydrogens is 373 g/mol. The first-order chi connectivity index (χ1) is 11.3. The quantitative estimate of drug-likeness (QED) is 0.740. The smallest absolute Gasteiger partial charge is 0.167 e. The summed E-state index contributed by atoms with van der Waals surface area (Å²) in [5.74, 6) is 0.966. The molecule has 0 saturated carbocycles. The summed E-state index contributed by atoms with van der Waals surface area (Å²) >= 11 is 3.57. The second-order valence-electron chi connectivity index (χ2n) is 6.54. The van der Waals surface area contributed by atoms with Crippen molar-refractivity contribution in [3.8, 4) is 11.5 Å². The zero-order valence-electron chi connectivity index (χ0n) is 14.5. The standard InChI is InChI=1S/C19H23BrFNO2/c1-19(2,3)22-11-14-15(20)9-10-17(23-4)18(14)24-12-13-7-5-6-8-16(13)21/h5-10,22H,11-12H2,1-4H3. The van der Waals surface area contributed by atoms with Gasteiger partial charge in [-0.15, -0.1) is 0 Å². The Morgan fingerprint density at radius 2 is 1.83 bits per heavy atom. The number of nitrogens with one attached hydrogen (secondary N) is 1. The molecule has 0 spiro atoms. The van der Waals surface area contributed by atoms with E-state index in [2.05, 4.69) is 42.0 Å². The summed E-state index contributed by atoms with van der Waals surface area (Å²) in [5.41, 5.74) is 1.42. The van der Waals surface area contributed by atoms with Crippen molar-refractivity contribution in [1.82, 2.24) is 5.32 Å². The third kappa shape index (κ3) is 4.95. The Labute approximate surface area is 151 Å². The van der Waals surface area contributed by atoms with E-state index in [1.807, 2.05) is 12.1 Å². The van der Waals surface area contributed by atoms with Crippen LogP contribution in [0.15, 0.2) is 40.9 Å². The lowest BCUT2D eigenvalue weighted by molar-refractivity contribution is 0.274. The maximum Gasteiger partial charge on any atom is 0.167 e. The van der Waals surface area contributed by atoms with Crippen LogP contribution in [-0.4, -0.2) is 12.6 Å². The maximum absolute atomic E-state index is 13.8. The molecule has 0 bridgehead atoms. The number of methoxy groups -OCH3 is 1. The van der Waals surface area contributed by atoms with Crippen molar-refractivity contribution in [2.75, 3.05) is 7.11 Å². The van der Waals surface area contributed by atoms with Crippen molar-refractivity contribution in [1.29, 1.82) is 0 Å². The summed E-state index contributed by atoms with van der Waals surface area (Å²) in [6.07, 6.45) is 0. The van der Waals surface area contributed by atoms with Gasteiger partial charge in [-0.3, -0.25) is 0 Å². The number of halogens is 2. The van der Waals surface area contributed by atoms with Crippen LogP contribution in [0.4, 0.5) is 4.39 Å². The number of rotatable bonds is 6. The van der Waals surface area contributed by atoms with Crippen LogP contribution >= 0.6 is 15.9 Å². The molecule has 0 atom stereocenters. The SMILES string of the molecule is COc1ccc(Br)c(CNC(C)(C)C)c1OCc1ccccc1F. The Morgan fingerprint density at radius 1 is 1.12 bits per heavy atom. The van der Waals surface area contributed by atoms with Crippen LogP contribution in [0.5, 0.6) is 11.5 Å². The molecule has 0 heterocycles. The van der Waals surface area contributed by atoms with Crippen molar-refractivity contribution in [3.05, 3.63) is 57.8 Å². The van der Waals surface area contributed by atoms with Crippen molar-refractivity contribution in [2.45, 2.75) is 39.5 Å². The molecule has 2 rings (SSSR count). The molecule has 130 valence electrons. The predicted octanol–water partition coefficient (Wildman–Crippen LogP) is 5.06. The van der Waals surface area contributed by atoms with Crippen LogP contribution in [0.25, 0.3) is 0 Å². The summed E-state index contributed by atoms with van der Waals surface area (Å²) in [6.45, 7) is 7.04. The van der Waals surface area contributed by atoms with E-state index in [0.29, 0.717) is 23.6 Å². The van der Waals surface area contributed by atoms with Gasteiger partial charge in [0.15, 0.2) is 11.5 Å². The molecule has 24 heavy (non-hydrogen) atoms. The summed E-state index contributed by atoms with van der Waals surface area (Å²) in [6, 6.07) is 10.4. The Hall–Kier alpha value is -1.59. The van der Waals surface area contributed by atoms with Crippen LogP contribution in [0.3, 0.4) is 0 Å². The highest BCUT2D eigenvalue weighted by Gasteiger charge is 2.18. The minimum Gasteiger partial charge on any atom is -0.493 e. The molecule has 0 aliphatic rings. The van der Waals surface area contributed by atoms with Crippen LogP contribution in [-0.2, 0) is 13.2 Å². The molecule has 0 fully saturated rings. The van der Waals surface area contributed by atoms with Gasteiger partial charge >= 0.3 is 0 Å². The van der Waals surface area contributed by atoms with E-state index in [1.54, 1.807) is 25.3 Å². The topological polar surface area (TPSA) is 30.5 Å². The number of benzene rings is 2. The van der Waals surface area contributed by atoms with Gasteiger partial charge < -0.3 is 14.8 Å². The molecule has 0 unspecified atom stereocenters. The fourth-order valence-corrected chi connectivity index (χ4v) is 2.64. The third-order valence-electron chi connectivity index (χ3n) is 3.51. The van der Waals surface area contributed by atoms with E-state index in [4.69, 9.17) is 9.47 Å². The largest absolute Gasteiger partial charge is 0.493 e. The molecular formula is C19H23BrFNO2. The van der Waals surface area contributed by atoms with E-state index in [9.17, 15) is 4.39 Å². The van der Waals surface area contributed by atoms with Crippen LogP contribution in [0.2, 0.25) is 0 Å². The van der Waals surface area contributed by atoms with Crippen molar-refractivity contribution in [2.24, 2.45) is 0 Å². The van der Waals surface area contributed by atoms with Gasteiger partial charge in [-0.2, -0.15) is 0 Å². The molecule has 1 N–H and O–H groups in total. The molecule has 0 aromatic heterocycles. The van der Waals surface area contributed by atoms with E-state index in [0.717, 1.165) is 10.0 Å². The molecule has 0 saturated heterocycles. The molecule has 0 radical (unpaired) electrons. The average molecular weight is 396 g/mol. The molecule has 3 nitrogen and oxygen atoms in total. The van der Waals surface area contributed by atoms with Gasteiger partial charge in [0.1, 0.15) is 12.4 Å². The summed E-state index contributed by atoms with van der Waals surface area (Å²) in [7, 11) is 1.60. The Balaban J connectivity index is 2.28. The first kappa shape index (κ1) is 18.7. The average Bonchev–Trinajstić information content (AvgIpc) is 2.52. The van der Waals surface area contributed by atoms with E-state index in [1.165, 1.54) is 6.07 Å². The highest BCUT2D eigenvalue weighted by Crippen LogP contribution is 2.37. The van der Waals surface area contributed by atoms with Gasteiger partial charge in [0.25, 0.3) is 0 Å². The van der Waals surface area contributed by atoms with Gasteiger partial charge in [0.2, 0.25) is 0 Å². The Kier molecular flexibility index (Phi) is 6.24. The van der Waals surface area contributed by atoms with Crippen LogP contribution in [0.1, 0.15) is 31.9 Å². The number of hydrogen-bond acceptors (Lipinski definition) is 3. The molecule has 0 aliphatic heterocycles. The number of hydrogen-bond donors (Lipinski definition) is 1. The van der Waals surface area contributed by atoms with E-state index < -0.39 is 0 Å². The molecule has 2 aromatic carbocycles. The molecule has 2 aromatic rings. The van der Waals surface area contributed by atoms with Gasteiger partial charge in [0.05, 0.1) is 7.11 Å². The Morgan fingerprint density at radius 3 is 2.46 bits per heavy atom. The summed E-state index contributed by atoms with van der Waals surface area (Å²) in [5, 5.41) is 3.44. The highest BCUT2D eigenvalue weighted by atomic mass is 79.9.